The number of ether oxygens (including phenoxy) is 2. The number of hydrogen-bond acceptors (Lipinski definition) is 6. The molecule has 0 spiro atoms. The number of aliphatic hydroxyl groups is 3. The van der Waals surface area contributed by atoms with E-state index < -0.39 is 24.3 Å². The molecule has 0 aliphatic carbocycles. The predicted octanol–water partition coefficient (Wildman–Crippen LogP) is -0.235. The van der Waals surface area contributed by atoms with E-state index in [2.05, 4.69) is 9.47 Å². The van der Waals surface area contributed by atoms with Crippen molar-refractivity contribution in [3.05, 3.63) is 35.9 Å². The van der Waals surface area contributed by atoms with Gasteiger partial charge in [-0.05, 0) is 5.56 Å². The van der Waals surface area contributed by atoms with Crippen molar-refractivity contribution in [2.45, 2.75) is 18.0 Å². The highest BCUT2D eigenvalue weighted by molar-refractivity contribution is 5.65. The van der Waals surface area contributed by atoms with Crippen LogP contribution in [0.3, 0.4) is 0 Å². The van der Waals surface area contributed by atoms with Crippen LogP contribution in [0, 0.1) is 0 Å². The van der Waals surface area contributed by atoms with Gasteiger partial charge < -0.3 is 24.8 Å². The highest BCUT2D eigenvalue weighted by Gasteiger charge is 2.63. The van der Waals surface area contributed by atoms with E-state index in [1.165, 1.54) is 0 Å². The first kappa shape index (κ1) is 11.8. The Kier molecular flexibility index (Phi) is 2.78. The molecule has 1 heterocycles. The van der Waals surface area contributed by atoms with Crippen LogP contribution in [0.2, 0.25) is 0 Å². The molecule has 92 valence electrons. The summed E-state index contributed by atoms with van der Waals surface area (Å²) in [6.07, 6.45) is -1.21. The van der Waals surface area contributed by atoms with Gasteiger partial charge in [0.15, 0.2) is 5.60 Å². The summed E-state index contributed by atoms with van der Waals surface area (Å²) in [5.41, 5.74) is -1.44. The lowest BCUT2D eigenvalue weighted by atomic mass is 9.92. The van der Waals surface area contributed by atoms with Gasteiger partial charge >= 0.3 is 12.1 Å². The molecule has 1 aromatic carbocycles. The maximum absolute atomic E-state index is 10.5. The maximum Gasteiger partial charge on any atom is 0.518 e. The lowest BCUT2D eigenvalue weighted by Gasteiger charge is -2.44. The van der Waals surface area contributed by atoms with Crippen LogP contribution < -0.4 is 0 Å². The summed E-state index contributed by atoms with van der Waals surface area (Å²) < 4.78 is 8.68. The van der Waals surface area contributed by atoms with Crippen LogP contribution in [-0.2, 0) is 15.9 Å². The first-order valence-electron chi connectivity index (χ1n) is 5.01. The Morgan fingerprint density at radius 3 is 2.29 bits per heavy atom. The number of cyclic esters (lactones) is 2. The Morgan fingerprint density at radius 2 is 1.82 bits per heavy atom. The molecule has 1 aliphatic heterocycles. The average Bonchev–Trinajstić information content (AvgIpc) is 2.28. The number of carbonyl (C=O) groups excluding carboxylic acids is 1. The number of benzene rings is 1. The Balaban J connectivity index is 2.18. The van der Waals surface area contributed by atoms with E-state index in [-0.39, 0.29) is 6.42 Å². The van der Waals surface area contributed by atoms with Gasteiger partial charge in [-0.3, -0.25) is 0 Å². The molecule has 3 N–H and O–H groups in total. The predicted molar refractivity (Wildman–Crippen MR) is 54.7 cm³/mol. The smallest absolute Gasteiger partial charge is 0.393 e. The van der Waals surface area contributed by atoms with Crippen LogP contribution in [0.4, 0.5) is 4.79 Å². The lowest BCUT2D eigenvalue weighted by molar-refractivity contribution is -0.450. The first-order valence-corrected chi connectivity index (χ1v) is 5.01. The molecule has 0 amide bonds. The van der Waals surface area contributed by atoms with Gasteiger partial charge in [0, 0.05) is 6.42 Å². The van der Waals surface area contributed by atoms with Gasteiger partial charge in [0.2, 0.25) is 0 Å². The molecule has 1 fully saturated rings. The van der Waals surface area contributed by atoms with E-state index in [4.69, 9.17) is 5.11 Å². The third-order valence-corrected chi connectivity index (χ3v) is 2.63. The van der Waals surface area contributed by atoms with Crippen LogP contribution in [0.1, 0.15) is 5.56 Å². The number of rotatable bonds is 4. The molecular formula is C11H12O6. The third-order valence-electron chi connectivity index (χ3n) is 2.63. The minimum atomic E-state index is -2.49. The number of carbonyl (C=O) groups is 1. The van der Waals surface area contributed by atoms with E-state index in [1.54, 1.807) is 30.3 Å². The Bertz CT molecular complexity index is 409. The van der Waals surface area contributed by atoms with Gasteiger partial charge in [0.25, 0.3) is 0 Å². The van der Waals surface area contributed by atoms with Gasteiger partial charge in [-0.15, -0.1) is 0 Å². The van der Waals surface area contributed by atoms with Crippen LogP contribution in [0.15, 0.2) is 30.3 Å². The third kappa shape index (κ3) is 1.97. The van der Waals surface area contributed by atoms with Gasteiger partial charge in [0.05, 0.1) is 6.61 Å². The second-order valence-corrected chi connectivity index (χ2v) is 3.89. The largest absolute Gasteiger partial charge is 0.518 e. The fourth-order valence-corrected chi connectivity index (χ4v) is 1.62. The topological polar surface area (TPSA) is 96.2 Å². The highest BCUT2D eigenvalue weighted by Crippen LogP contribution is 2.35. The first-order chi connectivity index (χ1) is 7.99. The van der Waals surface area contributed by atoms with Crippen molar-refractivity contribution < 1.29 is 29.6 Å². The van der Waals surface area contributed by atoms with Crippen molar-refractivity contribution in [1.82, 2.24) is 0 Å². The van der Waals surface area contributed by atoms with Crippen LogP contribution >= 0.6 is 0 Å². The van der Waals surface area contributed by atoms with Crippen molar-refractivity contribution in [2.24, 2.45) is 0 Å². The number of aliphatic hydroxyl groups excluding tert-OH is 1. The van der Waals surface area contributed by atoms with Crippen LogP contribution in [0.25, 0.3) is 0 Å². The molecule has 0 aromatic heterocycles. The lowest BCUT2D eigenvalue weighted by Crippen LogP contribution is -2.68. The van der Waals surface area contributed by atoms with E-state index in [0.717, 1.165) is 0 Å². The minimum Gasteiger partial charge on any atom is -0.393 e. The Labute approximate surface area is 97.0 Å². The average molecular weight is 240 g/mol. The van der Waals surface area contributed by atoms with E-state index >= 15 is 0 Å². The second-order valence-electron chi connectivity index (χ2n) is 3.89. The molecule has 1 saturated heterocycles. The summed E-state index contributed by atoms with van der Waals surface area (Å²) in [6, 6.07) is 8.67. The zero-order valence-corrected chi connectivity index (χ0v) is 8.87. The molecule has 1 aromatic rings. The molecule has 17 heavy (non-hydrogen) atoms. The Morgan fingerprint density at radius 1 is 1.24 bits per heavy atom. The summed E-state index contributed by atoms with van der Waals surface area (Å²) in [7, 11) is 0. The second kappa shape index (κ2) is 3.99. The van der Waals surface area contributed by atoms with E-state index in [0.29, 0.717) is 5.56 Å². The zero-order chi connectivity index (χ0) is 12.5. The summed E-state index contributed by atoms with van der Waals surface area (Å²) in [5.74, 6) is -2.49. The molecule has 1 atom stereocenters. The van der Waals surface area contributed by atoms with E-state index in [1.807, 2.05) is 0 Å². The van der Waals surface area contributed by atoms with Crippen molar-refractivity contribution >= 4 is 6.16 Å². The quantitative estimate of drug-likeness (QED) is 0.629. The van der Waals surface area contributed by atoms with Gasteiger partial charge in [-0.2, -0.15) is 0 Å². The molecule has 2 rings (SSSR count). The minimum absolute atomic E-state index is 0.117. The van der Waals surface area contributed by atoms with Gasteiger partial charge in [-0.25, -0.2) is 4.79 Å². The summed E-state index contributed by atoms with van der Waals surface area (Å²) in [4.78, 5) is 10.5. The summed E-state index contributed by atoms with van der Waals surface area (Å²) >= 11 is 0. The fraction of sp³-hybridized carbons (Fsp3) is 0.364. The molecule has 0 bridgehead atoms. The van der Waals surface area contributed by atoms with Crippen molar-refractivity contribution in [3.8, 4) is 0 Å². The summed E-state index contributed by atoms with van der Waals surface area (Å²) in [6.45, 7) is -0.814. The fourth-order valence-electron chi connectivity index (χ4n) is 1.62. The highest BCUT2D eigenvalue weighted by atomic mass is 17.0. The van der Waals surface area contributed by atoms with Gasteiger partial charge in [-0.1, -0.05) is 30.3 Å². The molecule has 0 radical (unpaired) electrons. The molecular weight excluding hydrogens is 228 g/mol. The zero-order valence-electron chi connectivity index (χ0n) is 8.87. The normalized spacial score (nSPS) is 20.8. The molecule has 1 aliphatic rings. The van der Waals surface area contributed by atoms with Crippen LogP contribution in [-0.4, -0.2) is 39.7 Å². The molecule has 6 heteroatoms. The van der Waals surface area contributed by atoms with E-state index in [9.17, 15) is 15.0 Å². The van der Waals surface area contributed by atoms with Crippen LogP contribution in [0.5, 0.6) is 0 Å². The van der Waals surface area contributed by atoms with Gasteiger partial charge in [0.1, 0.15) is 0 Å². The Hall–Kier alpha value is -1.63. The molecule has 1 unspecified atom stereocenters. The molecule has 0 saturated carbocycles. The summed E-state index contributed by atoms with van der Waals surface area (Å²) in [5, 5.41) is 28.9. The maximum atomic E-state index is 10.5. The van der Waals surface area contributed by atoms with Crippen molar-refractivity contribution in [2.75, 3.05) is 6.61 Å². The SMILES string of the molecule is O=C1OC(O)(C(O)(CO)Cc2ccccc2)O1. The number of hydrogen-bond donors (Lipinski definition) is 3. The van der Waals surface area contributed by atoms with Crippen molar-refractivity contribution in [3.63, 3.8) is 0 Å². The molecule has 6 nitrogen and oxygen atoms in total. The monoisotopic (exact) mass is 240 g/mol. The van der Waals surface area contributed by atoms with Crippen molar-refractivity contribution in [1.29, 1.82) is 0 Å². The standard InChI is InChI=1S/C11H12O6/c12-7-10(14,11(15)16-9(13)17-11)6-8-4-2-1-3-5-8/h1-5,12,14-15H,6-7H2.